The van der Waals surface area contributed by atoms with Crippen molar-refractivity contribution in [2.24, 2.45) is 11.3 Å². The van der Waals surface area contributed by atoms with Crippen LogP contribution in [0.2, 0.25) is 0 Å². The van der Waals surface area contributed by atoms with Gasteiger partial charge in [0, 0.05) is 12.0 Å². The molecule has 2 unspecified atom stereocenters. The third-order valence-electron chi connectivity index (χ3n) is 3.21. The number of hydrogen-bond donors (Lipinski definition) is 0. The molecule has 1 aromatic rings. The van der Waals surface area contributed by atoms with E-state index in [9.17, 15) is 0 Å². The summed E-state index contributed by atoms with van der Waals surface area (Å²) >= 11 is 0. The molecule has 0 N–H and O–H groups in total. The summed E-state index contributed by atoms with van der Waals surface area (Å²) in [4.78, 5) is 0. The van der Waals surface area contributed by atoms with Crippen LogP contribution < -0.4 is 0 Å². The molecule has 1 radical (unpaired) electrons. The van der Waals surface area contributed by atoms with Crippen LogP contribution in [0.5, 0.6) is 0 Å². The van der Waals surface area contributed by atoms with Crippen molar-refractivity contribution in [3.05, 3.63) is 24.2 Å². The maximum Gasteiger partial charge on any atom is 0.115 e. The van der Waals surface area contributed by atoms with Crippen LogP contribution in [-0.2, 0) is 0 Å². The minimum absolute atomic E-state index is 0.406. The smallest absolute Gasteiger partial charge is 0.115 e. The van der Waals surface area contributed by atoms with Crippen LogP contribution in [0.3, 0.4) is 0 Å². The van der Waals surface area contributed by atoms with Crippen molar-refractivity contribution in [1.82, 2.24) is 0 Å². The molecule has 0 spiro atoms. The number of furan rings is 1. The van der Waals surface area contributed by atoms with Crippen LogP contribution in [0.25, 0.3) is 0 Å². The zero-order valence-electron chi connectivity index (χ0n) is 8.63. The summed E-state index contributed by atoms with van der Waals surface area (Å²) in [6, 6.07) is 5.04. The highest BCUT2D eigenvalue weighted by Crippen LogP contribution is 2.51. The summed E-state index contributed by atoms with van der Waals surface area (Å²) in [5, 5.41) is 0. The van der Waals surface area contributed by atoms with Crippen molar-refractivity contribution in [2.45, 2.75) is 39.5 Å². The molecule has 1 nitrogen and oxygen atoms in total. The van der Waals surface area contributed by atoms with Gasteiger partial charge in [0.15, 0.2) is 0 Å². The van der Waals surface area contributed by atoms with Crippen LogP contribution in [-0.4, -0.2) is 0 Å². The molecule has 1 heteroatoms. The van der Waals surface area contributed by atoms with Crippen LogP contribution in [0, 0.1) is 17.4 Å². The van der Waals surface area contributed by atoms with Gasteiger partial charge in [-0.25, -0.2) is 0 Å². The molecular weight excluding hydrogens is 160 g/mol. The maximum absolute atomic E-state index is 5.41. The Bertz CT molecular complexity index is 266. The van der Waals surface area contributed by atoms with Crippen molar-refractivity contribution < 1.29 is 4.42 Å². The van der Waals surface area contributed by atoms with Gasteiger partial charge in [-0.05, 0) is 30.2 Å². The van der Waals surface area contributed by atoms with Gasteiger partial charge in [-0.1, -0.05) is 20.8 Å². The number of hydrogen-bond acceptors (Lipinski definition) is 1. The van der Waals surface area contributed by atoms with Crippen LogP contribution >= 0.6 is 0 Å². The van der Waals surface area contributed by atoms with E-state index in [-0.39, 0.29) is 0 Å². The van der Waals surface area contributed by atoms with Crippen LogP contribution in [0.4, 0.5) is 0 Å². The highest BCUT2D eigenvalue weighted by atomic mass is 16.3. The number of rotatable bonds is 1. The highest BCUT2D eigenvalue weighted by Gasteiger charge is 2.41. The van der Waals surface area contributed by atoms with Crippen molar-refractivity contribution in [3.8, 4) is 0 Å². The summed E-state index contributed by atoms with van der Waals surface area (Å²) in [5.41, 5.74) is 0.406. The van der Waals surface area contributed by atoms with Gasteiger partial charge in [0.25, 0.3) is 0 Å². The molecule has 0 aromatic carbocycles. The second-order valence-corrected chi connectivity index (χ2v) is 5.09. The molecule has 13 heavy (non-hydrogen) atoms. The molecule has 1 aliphatic rings. The molecule has 1 aromatic heterocycles. The zero-order valence-corrected chi connectivity index (χ0v) is 8.63. The Morgan fingerprint density at radius 2 is 2.15 bits per heavy atom. The van der Waals surface area contributed by atoms with Crippen LogP contribution in [0.15, 0.2) is 16.7 Å². The molecule has 0 amide bonds. The fraction of sp³-hybridized carbons (Fsp3) is 0.667. The third kappa shape index (κ3) is 1.52. The first kappa shape index (κ1) is 8.86. The van der Waals surface area contributed by atoms with E-state index in [0.29, 0.717) is 11.3 Å². The average Bonchev–Trinajstić information content (AvgIpc) is 2.32. The van der Waals surface area contributed by atoms with Gasteiger partial charge in [-0.3, -0.25) is 0 Å². The molecule has 2 rings (SSSR count). The Morgan fingerprint density at radius 1 is 1.38 bits per heavy atom. The Balaban J connectivity index is 2.12. The zero-order chi connectivity index (χ0) is 9.47. The Kier molecular flexibility index (Phi) is 1.98. The van der Waals surface area contributed by atoms with E-state index < -0.39 is 0 Å². The molecule has 0 aliphatic heterocycles. The lowest BCUT2D eigenvalue weighted by Gasteiger charge is -2.44. The van der Waals surface area contributed by atoms with Gasteiger partial charge < -0.3 is 4.42 Å². The summed E-state index contributed by atoms with van der Waals surface area (Å²) < 4.78 is 5.41. The lowest BCUT2D eigenvalue weighted by molar-refractivity contribution is 0.0923. The second kappa shape index (κ2) is 2.90. The van der Waals surface area contributed by atoms with Crippen LogP contribution in [0.1, 0.15) is 45.3 Å². The maximum atomic E-state index is 5.41. The Morgan fingerprint density at radius 3 is 2.54 bits per heavy atom. The van der Waals surface area contributed by atoms with E-state index in [4.69, 9.17) is 4.42 Å². The summed E-state index contributed by atoms with van der Waals surface area (Å²) in [5.74, 6) is 2.45. The Hall–Kier alpha value is -0.720. The van der Waals surface area contributed by atoms with Gasteiger partial charge in [-0.15, -0.1) is 0 Å². The first-order chi connectivity index (χ1) is 6.09. The van der Waals surface area contributed by atoms with E-state index >= 15 is 0 Å². The van der Waals surface area contributed by atoms with Crippen molar-refractivity contribution in [2.75, 3.05) is 0 Å². The molecule has 1 fully saturated rings. The minimum atomic E-state index is 0.406. The van der Waals surface area contributed by atoms with Crippen molar-refractivity contribution in [3.63, 3.8) is 0 Å². The lowest BCUT2D eigenvalue weighted by Crippen LogP contribution is -2.34. The molecule has 0 saturated heterocycles. The van der Waals surface area contributed by atoms with Crippen molar-refractivity contribution >= 4 is 0 Å². The molecule has 0 bridgehead atoms. The SMILES string of the molecule is CC(C)(C)C1CCC1c1[c]cco1. The fourth-order valence-electron chi connectivity index (χ4n) is 2.30. The lowest BCUT2D eigenvalue weighted by atomic mass is 9.61. The van der Waals surface area contributed by atoms with E-state index in [0.717, 1.165) is 11.7 Å². The molecule has 71 valence electrons. The van der Waals surface area contributed by atoms with Gasteiger partial charge in [0.05, 0.1) is 6.26 Å². The third-order valence-corrected chi connectivity index (χ3v) is 3.21. The van der Waals surface area contributed by atoms with Gasteiger partial charge in [0.1, 0.15) is 5.76 Å². The first-order valence-electron chi connectivity index (χ1n) is 5.04. The standard InChI is InChI=1S/C12H17O/c1-12(2,3)10-7-6-9(10)11-5-4-8-13-11/h4,8-10H,6-7H2,1-3H3. The molecule has 1 aliphatic carbocycles. The van der Waals surface area contributed by atoms with E-state index in [2.05, 4.69) is 26.8 Å². The summed E-state index contributed by atoms with van der Waals surface area (Å²) in [6.07, 6.45) is 4.34. The quantitative estimate of drug-likeness (QED) is 0.638. The normalized spacial score (nSPS) is 28.5. The molecule has 1 saturated carbocycles. The second-order valence-electron chi connectivity index (χ2n) is 5.09. The predicted molar refractivity (Wildman–Crippen MR) is 52.5 cm³/mol. The minimum Gasteiger partial charge on any atom is -0.468 e. The van der Waals surface area contributed by atoms with Gasteiger partial charge in [-0.2, -0.15) is 0 Å². The van der Waals surface area contributed by atoms with Gasteiger partial charge >= 0.3 is 0 Å². The molecular formula is C12H17O. The summed E-state index contributed by atoms with van der Waals surface area (Å²) in [6.45, 7) is 6.94. The predicted octanol–water partition coefficient (Wildman–Crippen LogP) is 3.62. The Labute approximate surface area is 80.1 Å². The summed E-state index contributed by atoms with van der Waals surface area (Å²) in [7, 11) is 0. The molecule has 2 atom stereocenters. The monoisotopic (exact) mass is 177 g/mol. The van der Waals surface area contributed by atoms with E-state index in [1.165, 1.54) is 12.8 Å². The fourth-order valence-corrected chi connectivity index (χ4v) is 2.30. The topological polar surface area (TPSA) is 13.1 Å². The first-order valence-corrected chi connectivity index (χ1v) is 5.04. The van der Waals surface area contributed by atoms with E-state index in [1.54, 1.807) is 6.26 Å². The van der Waals surface area contributed by atoms with Gasteiger partial charge in [0.2, 0.25) is 0 Å². The largest absolute Gasteiger partial charge is 0.468 e. The molecule has 1 heterocycles. The average molecular weight is 177 g/mol. The van der Waals surface area contributed by atoms with E-state index in [1.807, 2.05) is 6.07 Å². The highest BCUT2D eigenvalue weighted by molar-refractivity contribution is 5.11. The van der Waals surface area contributed by atoms with Crippen molar-refractivity contribution in [1.29, 1.82) is 0 Å².